The second kappa shape index (κ2) is 10.9. The van der Waals surface area contributed by atoms with E-state index in [1.165, 1.54) is 11.9 Å². The zero-order chi connectivity index (χ0) is 23.0. The highest BCUT2D eigenvalue weighted by molar-refractivity contribution is 5.43. The largest absolute Gasteiger partial charge is 0.502 e. The summed E-state index contributed by atoms with van der Waals surface area (Å²) in [7, 11) is 0. The summed E-state index contributed by atoms with van der Waals surface area (Å²) in [5.74, 6) is 5.43. The number of aliphatic hydroxyl groups is 1. The molecule has 8 nitrogen and oxygen atoms in total. The Bertz CT molecular complexity index is 1170. The molecule has 0 aliphatic carbocycles. The predicted octanol–water partition coefficient (Wildman–Crippen LogP) is 1.42. The standard InChI is InChI=1S/C25H26N4O4/c30-16-21(13-23-24(31)25(32)28-17-27-23)22-8-7-19(14-26-22)4-1-18-2-5-20(6-3-18)15-29-9-11-33-12-10-29/h2-3,5-8,14,17,21,30-31H,9-13,15-16H2,(H,27,28,32). The summed E-state index contributed by atoms with van der Waals surface area (Å²) in [5.41, 5.74) is 3.19. The lowest BCUT2D eigenvalue weighted by Gasteiger charge is -2.26. The van der Waals surface area contributed by atoms with Crippen LogP contribution in [0.5, 0.6) is 5.75 Å². The summed E-state index contributed by atoms with van der Waals surface area (Å²) in [6, 6.07) is 11.9. The second-order valence-electron chi connectivity index (χ2n) is 7.92. The van der Waals surface area contributed by atoms with Crippen LogP contribution in [0.3, 0.4) is 0 Å². The Morgan fingerprint density at radius 2 is 1.79 bits per heavy atom. The molecule has 1 saturated heterocycles. The number of hydrogen-bond donors (Lipinski definition) is 3. The maximum atomic E-state index is 11.5. The SMILES string of the molecule is O=c1[nH]cnc(CC(CO)c2ccc(C#Cc3ccc(CN4CCOCC4)cc3)cn2)c1O. The molecule has 1 aromatic carbocycles. The zero-order valence-corrected chi connectivity index (χ0v) is 18.2. The summed E-state index contributed by atoms with van der Waals surface area (Å²) in [6.45, 7) is 4.23. The summed E-state index contributed by atoms with van der Waals surface area (Å²) in [4.78, 5) is 24.6. The molecule has 170 valence electrons. The van der Waals surface area contributed by atoms with Gasteiger partial charge in [0.25, 0.3) is 5.56 Å². The van der Waals surface area contributed by atoms with Crippen molar-refractivity contribution in [1.29, 1.82) is 0 Å². The Hall–Kier alpha value is -3.51. The molecule has 3 heterocycles. The number of aromatic nitrogens is 3. The van der Waals surface area contributed by atoms with Crippen molar-refractivity contribution >= 4 is 0 Å². The Kier molecular flexibility index (Phi) is 7.47. The number of morpholine rings is 1. The quantitative estimate of drug-likeness (QED) is 0.491. The van der Waals surface area contributed by atoms with E-state index in [2.05, 4.69) is 43.8 Å². The summed E-state index contributed by atoms with van der Waals surface area (Å²) in [5, 5.41) is 19.7. The topological polar surface area (TPSA) is 112 Å². The van der Waals surface area contributed by atoms with Crippen LogP contribution in [-0.4, -0.2) is 63.0 Å². The van der Waals surface area contributed by atoms with E-state index in [1.807, 2.05) is 18.2 Å². The number of hydrogen-bond acceptors (Lipinski definition) is 7. The van der Waals surface area contributed by atoms with Crippen LogP contribution in [0.2, 0.25) is 0 Å². The number of ether oxygens (including phenoxy) is 1. The van der Waals surface area contributed by atoms with Crippen LogP contribution in [-0.2, 0) is 17.7 Å². The Balaban J connectivity index is 1.39. The first-order chi connectivity index (χ1) is 16.1. The number of aromatic hydroxyl groups is 1. The minimum absolute atomic E-state index is 0.192. The van der Waals surface area contributed by atoms with Gasteiger partial charge in [0.1, 0.15) is 0 Å². The van der Waals surface area contributed by atoms with E-state index in [0.29, 0.717) is 5.69 Å². The first-order valence-electron chi connectivity index (χ1n) is 10.9. The molecule has 0 spiro atoms. The van der Waals surface area contributed by atoms with E-state index in [-0.39, 0.29) is 18.7 Å². The maximum Gasteiger partial charge on any atom is 0.293 e. The molecule has 1 aliphatic rings. The Morgan fingerprint density at radius 1 is 1.06 bits per heavy atom. The van der Waals surface area contributed by atoms with Gasteiger partial charge < -0.3 is 19.9 Å². The van der Waals surface area contributed by atoms with E-state index in [0.717, 1.165) is 44.0 Å². The van der Waals surface area contributed by atoms with Gasteiger partial charge in [0.05, 0.1) is 31.8 Å². The van der Waals surface area contributed by atoms with Crippen molar-refractivity contribution in [2.45, 2.75) is 18.9 Å². The third-order valence-electron chi connectivity index (χ3n) is 5.58. The van der Waals surface area contributed by atoms with Crippen molar-refractivity contribution in [3.05, 3.63) is 87.4 Å². The number of H-pyrrole nitrogens is 1. The van der Waals surface area contributed by atoms with Gasteiger partial charge in [-0.15, -0.1) is 0 Å². The molecule has 1 fully saturated rings. The minimum atomic E-state index is -0.607. The molecule has 3 aromatic rings. The number of benzene rings is 1. The summed E-state index contributed by atoms with van der Waals surface area (Å²) < 4.78 is 5.39. The van der Waals surface area contributed by atoms with Crippen LogP contribution < -0.4 is 5.56 Å². The Morgan fingerprint density at radius 3 is 2.48 bits per heavy atom. The molecule has 1 atom stereocenters. The molecule has 1 aliphatic heterocycles. The fraction of sp³-hybridized carbons (Fsp3) is 0.320. The number of pyridine rings is 1. The van der Waals surface area contributed by atoms with Crippen molar-refractivity contribution in [2.75, 3.05) is 32.9 Å². The van der Waals surface area contributed by atoms with Gasteiger partial charge in [-0.1, -0.05) is 24.0 Å². The lowest BCUT2D eigenvalue weighted by atomic mass is 9.98. The molecule has 0 saturated carbocycles. The van der Waals surface area contributed by atoms with Crippen molar-refractivity contribution in [1.82, 2.24) is 19.9 Å². The van der Waals surface area contributed by atoms with E-state index in [9.17, 15) is 15.0 Å². The molecular weight excluding hydrogens is 420 g/mol. The van der Waals surface area contributed by atoms with E-state index >= 15 is 0 Å². The number of nitrogens with zero attached hydrogens (tertiary/aromatic N) is 3. The minimum Gasteiger partial charge on any atom is -0.502 e. The van der Waals surface area contributed by atoms with Gasteiger partial charge in [-0.05, 0) is 29.8 Å². The predicted molar refractivity (Wildman–Crippen MR) is 123 cm³/mol. The fourth-order valence-electron chi connectivity index (χ4n) is 3.65. The van der Waals surface area contributed by atoms with Crippen LogP contribution in [0.4, 0.5) is 0 Å². The van der Waals surface area contributed by atoms with Gasteiger partial charge in [-0.25, -0.2) is 4.98 Å². The molecule has 2 aromatic heterocycles. The average molecular weight is 447 g/mol. The van der Waals surface area contributed by atoms with Gasteiger partial charge in [-0.2, -0.15) is 0 Å². The highest BCUT2D eigenvalue weighted by Gasteiger charge is 2.17. The lowest BCUT2D eigenvalue weighted by molar-refractivity contribution is 0.0342. The average Bonchev–Trinajstić information content (AvgIpc) is 2.86. The second-order valence-corrected chi connectivity index (χ2v) is 7.92. The van der Waals surface area contributed by atoms with Gasteiger partial charge in [0.2, 0.25) is 5.75 Å². The van der Waals surface area contributed by atoms with E-state index < -0.39 is 17.2 Å². The molecule has 0 radical (unpaired) electrons. The molecule has 1 unspecified atom stereocenters. The van der Waals surface area contributed by atoms with Gasteiger partial charge >= 0.3 is 0 Å². The highest BCUT2D eigenvalue weighted by atomic mass is 16.5. The summed E-state index contributed by atoms with van der Waals surface area (Å²) in [6.07, 6.45) is 3.08. The Labute approximate surface area is 191 Å². The number of aliphatic hydroxyl groups excluding tert-OH is 1. The number of rotatable bonds is 6. The molecule has 4 rings (SSSR count). The van der Waals surface area contributed by atoms with E-state index in [1.54, 1.807) is 12.3 Å². The van der Waals surface area contributed by atoms with Crippen LogP contribution in [0.25, 0.3) is 0 Å². The maximum absolute atomic E-state index is 11.5. The van der Waals surface area contributed by atoms with Gasteiger partial charge in [0, 0.05) is 55.0 Å². The zero-order valence-electron chi connectivity index (χ0n) is 18.2. The first-order valence-corrected chi connectivity index (χ1v) is 10.9. The van der Waals surface area contributed by atoms with Crippen molar-refractivity contribution in [3.63, 3.8) is 0 Å². The third kappa shape index (κ3) is 6.05. The monoisotopic (exact) mass is 446 g/mol. The van der Waals surface area contributed by atoms with Gasteiger partial charge in [0.15, 0.2) is 0 Å². The van der Waals surface area contributed by atoms with Crippen LogP contribution in [0, 0.1) is 11.8 Å². The van der Waals surface area contributed by atoms with Crippen LogP contribution in [0.1, 0.15) is 34.0 Å². The van der Waals surface area contributed by atoms with Crippen LogP contribution >= 0.6 is 0 Å². The van der Waals surface area contributed by atoms with Crippen molar-refractivity contribution in [2.24, 2.45) is 0 Å². The first kappa shape index (κ1) is 22.7. The number of nitrogens with one attached hydrogen (secondary N) is 1. The van der Waals surface area contributed by atoms with Crippen LogP contribution in [0.15, 0.2) is 53.7 Å². The fourth-order valence-corrected chi connectivity index (χ4v) is 3.65. The number of aromatic amines is 1. The van der Waals surface area contributed by atoms with Crippen molar-refractivity contribution < 1.29 is 14.9 Å². The molecule has 33 heavy (non-hydrogen) atoms. The smallest absolute Gasteiger partial charge is 0.293 e. The van der Waals surface area contributed by atoms with Crippen molar-refractivity contribution in [3.8, 4) is 17.6 Å². The molecule has 0 bridgehead atoms. The third-order valence-corrected chi connectivity index (χ3v) is 5.58. The summed E-state index contributed by atoms with van der Waals surface area (Å²) >= 11 is 0. The lowest BCUT2D eigenvalue weighted by Crippen LogP contribution is -2.35. The molecule has 3 N–H and O–H groups in total. The van der Waals surface area contributed by atoms with E-state index in [4.69, 9.17) is 4.74 Å². The normalized spacial score (nSPS) is 14.9. The molecule has 0 amide bonds. The molecule has 8 heteroatoms. The highest BCUT2D eigenvalue weighted by Crippen LogP contribution is 2.21. The van der Waals surface area contributed by atoms with Gasteiger partial charge in [-0.3, -0.25) is 14.7 Å². The molecular formula is C25H26N4O4.